The molecule has 3 nitrogen and oxygen atoms in total. The summed E-state index contributed by atoms with van der Waals surface area (Å²) in [5, 5.41) is 13.6. The number of rotatable bonds is 2. The third-order valence-corrected chi connectivity index (χ3v) is 3.66. The molecular weight excluding hydrogens is 282 g/mol. The number of nitrogens with one attached hydrogen (secondary N) is 1. The minimum atomic E-state index is 0.612. The van der Waals surface area contributed by atoms with Gasteiger partial charge in [0, 0.05) is 14.7 Å². The summed E-state index contributed by atoms with van der Waals surface area (Å²) in [6.07, 6.45) is 3.74. The molecule has 0 spiro atoms. The van der Waals surface area contributed by atoms with Crippen molar-refractivity contribution in [2.45, 2.75) is 6.54 Å². The van der Waals surface area contributed by atoms with Gasteiger partial charge in [-0.3, -0.25) is 10.3 Å². The highest BCUT2D eigenvalue weighted by Gasteiger charge is 1.98. The fourth-order valence-electron chi connectivity index (χ4n) is 0.789. The van der Waals surface area contributed by atoms with Crippen molar-refractivity contribution >= 4 is 44.2 Å². The zero-order valence-electron chi connectivity index (χ0n) is 7.45. The second kappa shape index (κ2) is 6.06. The monoisotopic (exact) mass is 289 g/mol. The molecule has 0 unspecified atom stereocenters. The van der Waals surface area contributed by atoms with Crippen LogP contribution in [-0.4, -0.2) is 11.4 Å². The second-order valence-corrected chi connectivity index (χ2v) is 5.00. The van der Waals surface area contributed by atoms with Crippen LogP contribution in [0.5, 0.6) is 0 Å². The Morgan fingerprint density at radius 2 is 2.64 bits per heavy atom. The lowest BCUT2D eigenvalue weighted by Crippen LogP contribution is -2.13. The third kappa shape index (κ3) is 3.70. The van der Waals surface area contributed by atoms with Crippen molar-refractivity contribution in [3.63, 3.8) is 0 Å². The van der Waals surface area contributed by atoms with Gasteiger partial charge in [0.05, 0.1) is 6.54 Å². The van der Waals surface area contributed by atoms with Crippen LogP contribution in [0.4, 0.5) is 0 Å². The van der Waals surface area contributed by atoms with Gasteiger partial charge in [-0.15, -0.1) is 11.3 Å². The molecule has 0 aliphatic rings. The average Bonchev–Trinajstić information content (AvgIpc) is 2.59. The van der Waals surface area contributed by atoms with Crippen LogP contribution in [0.1, 0.15) is 4.88 Å². The van der Waals surface area contributed by atoms with Crippen molar-refractivity contribution in [3.05, 3.63) is 20.8 Å². The van der Waals surface area contributed by atoms with Crippen LogP contribution in [0, 0.1) is 11.5 Å². The largest absolute Gasteiger partial charge is 0.272 e. The van der Waals surface area contributed by atoms with E-state index in [-0.39, 0.29) is 0 Å². The number of hydrogen-bond donors (Lipinski definition) is 1. The van der Waals surface area contributed by atoms with Crippen molar-refractivity contribution in [3.8, 4) is 6.19 Å². The molecule has 0 aliphatic carbocycles. The molecule has 0 saturated heterocycles. The maximum Gasteiger partial charge on any atom is 0.183 e. The Kier molecular flexibility index (Phi) is 5.01. The highest BCUT2D eigenvalue weighted by molar-refractivity contribution is 9.10. The van der Waals surface area contributed by atoms with E-state index in [0.717, 1.165) is 4.47 Å². The lowest BCUT2D eigenvalue weighted by Gasteiger charge is -1.97. The quantitative estimate of drug-likeness (QED) is 0.394. The van der Waals surface area contributed by atoms with E-state index in [4.69, 9.17) is 5.26 Å². The minimum Gasteiger partial charge on any atom is -0.272 e. The van der Waals surface area contributed by atoms with E-state index >= 15 is 0 Å². The number of nitrogens with zero attached hydrogens (tertiary/aromatic N) is 2. The first-order chi connectivity index (χ1) is 6.76. The van der Waals surface area contributed by atoms with Gasteiger partial charge in [0.2, 0.25) is 0 Å². The molecule has 0 fully saturated rings. The minimum absolute atomic E-state index is 0.612. The maximum absolute atomic E-state index is 8.41. The van der Waals surface area contributed by atoms with Crippen LogP contribution < -0.4 is 5.32 Å². The number of thiophene rings is 1. The predicted octanol–water partition coefficient (Wildman–Crippen LogP) is 2.80. The maximum atomic E-state index is 8.41. The zero-order valence-corrected chi connectivity index (χ0v) is 10.7. The van der Waals surface area contributed by atoms with Crippen LogP contribution in [0.15, 0.2) is 20.9 Å². The molecule has 14 heavy (non-hydrogen) atoms. The van der Waals surface area contributed by atoms with E-state index < -0.39 is 0 Å². The fourth-order valence-corrected chi connectivity index (χ4v) is 2.51. The Bertz CT molecular complexity index is 367. The van der Waals surface area contributed by atoms with Gasteiger partial charge < -0.3 is 0 Å². The van der Waals surface area contributed by atoms with Crippen molar-refractivity contribution < 1.29 is 0 Å². The predicted molar refractivity (Wildman–Crippen MR) is 65.4 cm³/mol. The fraction of sp³-hybridized carbons (Fsp3) is 0.250. The van der Waals surface area contributed by atoms with Crippen molar-refractivity contribution in [2.24, 2.45) is 4.99 Å². The molecule has 0 radical (unpaired) electrons. The van der Waals surface area contributed by atoms with Crippen molar-refractivity contribution in [2.75, 3.05) is 6.26 Å². The summed E-state index contributed by atoms with van der Waals surface area (Å²) in [6.45, 7) is 0.612. The smallest absolute Gasteiger partial charge is 0.183 e. The molecule has 74 valence electrons. The molecule has 0 atom stereocenters. The molecule has 1 N–H and O–H groups in total. The molecule has 1 heterocycles. The lowest BCUT2D eigenvalue weighted by molar-refractivity contribution is 1.08. The van der Waals surface area contributed by atoms with Gasteiger partial charge in [0.15, 0.2) is 11.4 Å². The molecule has 0 bridgehead atoms. The first-order valence-corrected chi connectivity index (χ1v) is 6.62. The van der Waals surface area contributed by atoms with E-state index in [1.807, 2.05) is 23.9 Å². The first-order valence-electron chi connectivity index (χ1n) is 3.72. The summed E-state index contributed by atoms with van der Waals surface area (Å²) < 4.78 is 1.08. The number of amidine groups is 1. The highest BCUT2D eigenvalue weighted by atomic mass is 79.9. The summed E-state index contributed by atoms with van der Waals surface area (Å²) >= 11 is 6.45. The van der Waals surface area contributed by atoms with E-state index in [2.05, 4.69) is 26.2 Å². The summed E-state index contributed by atoms with van der Waals surface area (Å²) in [4.78, 5) is 5.42. The van der Waals surface area contributed by atoms with Gasteiger partial charge >= 0.3 is 0 Å². The summed E-state index contributed by atoms with van der Waals surface area (Å²) in [5.41, 5.74) is 0. The number of aliphatic imine (C=N–C) groups is 1. The molecule has 0 aliphatic heterocycles. The molecule has 0 aromatic carbocycles. The SMILES string of the molecule is CSC(=NCc1cc(Br)cs1)NC#N. The summed E-state index contributed by atoms with van der Waals surface area (Å²) in [5.74, 6) is 0. The van der Waals surface area contributed by atoms with Crippen LogP contribution >= 0.6 is 39.0 Å². The number of nitriles is 1. The third-order valence-electron chi connectivity index (χ3n) is 1.36. The molecule has 0 amide bonds. The van der Waals surface area contributed by atoms with Gasteiger partial charge in [-0.05, 0) is 28.3 Å². The lowest BCUT2D eigenvalue weighted by atomic mass is 10.5. The molecule has 0 saturated carbocycles. The summed E-state index contributed by atoms with van der Waals surface area (Å²) in [7, 11) is 0. The van der Waals surface area contributed by atoms with E-state index in [0.29, 0.717) is 11.7 Å². The molecule has 1 aromatic rings. The van der Waals surface area contributed by atoms with Crippen LogP contribution in [0.3, 0.4) is 0 Å². The van der Waals surface area contributed by atoms with Gasteiger partial charge in [0.25, 0.3) is 0 Å². The zero-order chi connectivity index (χ0) is 10.4. The van der Waals surface area contributed by atoms with Gasteiger partial charge in [-0.25, -0.2) is 0 Å². The van der Waals surface area contributed by atoms with Gasteiger partial charge in [0.1, 0.15) is 0 Å². The highest BCUT2D eigenvalue weighted by Crippen LogP contribution is 2.20. The van der Waals surface area contributed by atoms with E-state index in [1.54, 1.807) is 11.3 Å². The second-order valence-electron chi connectivity index (χ2n) is 2.29. The Balaban J connectivity index is 2.57. The Labute approximate surface area is 99.4 Å². The van der Waals surface area contributed by atoms with Gasteiger partial charge in [-0.1, -0.05) is 11.8 Å². The van der Waals surface area contributed by atoms with Crippen LogP contribution in [0.2, 0.25) is 0 Å². The Morgan fingerprint density at radius 1 is 1.86 bits per heavy atom. The first kappa shape index (κ1) is 11.6. The molecule has 1 aromatic heterocycles. The van der Waals surface area contributed by atoms with E-state index in [9.17, 15) is 0 Å². The number of hydrogen-bond acceptors (Lipinski definition) is 4. The normalized spacial score (nSPS) is 11.1. The van der Waals surface area contributed by atoms with Crippen LogP contribution in [-0.2, 0) is 6.54 Å². The topological polar surface area (TPSA) is 48.2 Å². The average molecular weight is 290 g/mol. The number of halogens is 1. The van der Waals surface area contributed by atoms with Crippen LogP contribution in [0.25, 0.3) is 0 Å². The van der Waals surface area contributed by atoms with Crippen molar-refractivity contribution in [1.82, 2.24) is 5.32 Å². The summed E-state index contributed by atoms with van der Waals surface area (Å²) in [6, 6.07) is 2.03. The standard InChI is InChI=1S/C8H8BrN3S2/c1-13-8(12-5-10)11-3-7-2-6(9)4-14-7/h2,4H,3H2,1H3,(H,11,12). The van der Waals surface area contributed by atoms with E-state index in [1.165, 1.54) is 16.6 Å². The molecule has 1 rings (SSSR count). The Morgan fingerprint density at radius 3 is 3.14 bits per heavy atom. The molecular formula is C8H8BrN3S2. The Hall–Kier alpha value is -0.510. The van der Waals surface area contributed by atoms with Gasteiger partial charge in [-0.2, -0.15) is 5.26 Å². The molecule has 6 heteroatoms. The van der Waals surface area contributed by atoms with Crippen molar-refractivity contribution in [1.29, 1.82) is 5.26 Å². The number of thioether (sulfide) groups is 1.